The number of piperazine rings is 1. The number of rotatable bonds is 1. The minimum Gasteiger partial charge on any atom is -0.301 e. The van der Waals surface area contributed by atoms with Crippen LogP contribution in [0.3, 0.4) is 0 Å². The zero-order valence-electron chi connectivity index (χ0n) is 13.8. The summed E-state index contributed by atoms with van der Waals surface area (Å²) in [5, 5.41) is 0. The Morgan fingerprint density at radius 2 is 1.47 bits per heavy atom. The third-order valence-corrected chi connectivity index (χ3v) is 5.23. The Balaban J connectivity index is 1.91. The van der Waals surface area contributed by atoms with Crippen LogP contribution in [-0.2, 0) is 0 Å². The van der Waals surface area contributed by atoms with Gasteiger partial charge in [-0.25, -0.2) is 0 Å². The maximum atomic E-state index is 2.78. The van der Waals surface area contributed by atoms with Gasteiger partial charge in [0.1, 0.15) is 0 Å². The van der Waals surface area contributed by atoms with Gasteiger partial charge >= 0.3 is 0 Å². The molecule has 0 aromatic carbocycles. The molecule has 0 amide bonds. The number of hydrogen-bond donors (Lipinski definition) is 0. The smallest absolute Gasteiger partial charge is 0.0198 e. The lowest BCUT2D eigenvalue weighted by Crippen LogP contribution is -2.60. The largest absolute Gasteiger partial charge is 0.301 e. The zero-order valence-corrected chi connectivity index (χ0v) is 13.8. The lowest BCUT2D eigenvalue weighted by molar-refractivity contribution is -0.00724. The van der Waals surface area contributed by atoms with E-state index in [4.69, 9.17) is 0 Å². The van der Waals surface area contributed by atoms with E-state index in [0.717, 1.165) is 6.04 Å². The molecule has 2 aliphatic rings. The molecule has 0 bridgehead atoms. The number of piperidine rings is 1. The van der Waals surface area contributed by atoms with Crippen LogP contribution in [0.25, 0.3) is 0 Å². The van der Waals surface area contributed by atoms with Gasteiger partial charge in [0.2, 0.25) is 0 Å². The van der Waals surface area contributed by atoms with Crippen molar-refractivity contribution in [2.75, 3.05) is 33.2 Å². The van der Waals surface area contributed by atoms with Crippen LogP contribution < -0.4 is 0 Å². The second-order valence-electron chi connectivity index (χ2n) is 7.72. The second kappa shape index (κ2) is 5.71. The Bertz CT molecular complexity index is 289. The molecule has 19 heavy (non-hydrogen) atoms. The summed E-state index contributed by atoms with van der Waals surface area (Å²) >= 11 is 0. The maximum Gasteiger partial charge on any atom is 0.0198 e. The molecule has 0 saturated carbocycles. The predicted octanol–water partition coefficient (Wildman–Crippen LogP) is 2.27. The topological polar surface area (TPSA) is 9.72 Å². The van der Waals surface area contributed by atoms with E-state index in [0.29, 0.717) is 17.6 Å². The Hall–Kier alpha value is -0.120. The van der Waals surface area contributed by atoms with Gasteiger partial charge in [-0.3, -0.25) is 9.80 Å². The summed E-state index contributed by atoms with van der Waals surface area (Å²) in [7, 11) is 2.26. The van der Waals surface area contributed by atoms with Gasteiger partial charge in [0.15, 0.2) is 0 Å². The summed E-state index contributed by atoms with van der Waals surface area (Å²) in [6.45, 7) is 16.8. The number of likely N-dealkylation sites (tertiary alicyclic amines) is 1. The van der Waals surface area contributed by atoms with E-state index in [1.165, 1.54) is 39.0 Å². The van der Waals surface area contributed by atoms with Crippen molar-refractivity contribution in [2.24, 2.45) is 0 Å². The number of nitrogens with zero attached hydrogens (tertiary/aromatic N) is 3. The average molecular weight is 267 g/mol. The molecule has 2 fully saturated rings. The molecular weight excluding hydrogens is 234 g/mol. The molecule has 0 spiro atoms. The summed E-state index contributed by atoms with van der Waals surface area (Å²) in [6.07, 6.45) is 2.69. The Morgan fingerprint density at radius 3 is 2.00 bits per heavy atom. The summed E-state index contributed by atoms with van der Waals surface area (Å²) in [5.41, 5.74) is 0.339. The standard InChI is InChI=1S/C16H33N3/c1-13-12-19(14(2)11-17(13)6)15-7-9-18(10-8-15)16(3,4)5/h13-15H,7-12H2,1-6H3. The molecule has 0 aromatic heterocycles. The Labute approximate surface area is 119 Å². The van der Waals surface area contributed by atoms with Crippen molar-refractivity contribution in [3.05, 3.63) is 0 Å². The normalized spacial score (nSPS) is 33.8. The first kappa shape index (κ1) is 15.3. The summed E-state index contributed by atoms with van der Waals surface area (Å²) in [6, 6.07) is 2.23. The first-order valence-electron chi connectivity index (χ1n) is 8.00. The Kier molecular flexibility index (Phi) is 4.59. The van der Waals surface area contributed by atoms with Gasteiger partial charge in [-0.05, 0) is 54.5 Å². The first-order chi connectivity index (χ1) is 8.79. The van der Waals surface area contributed by atoms with Gasteiger partial charge in [-0.15, -0.1) is 0 Å². The van der Waals surface area contributed by atoms with Crippen LogP contribution in [0.4, 0.5) is 0 Å². The van der Waals surface area contributed by atoms with Crippen molar-refractivity contribution in [1.29, 1.82) is 0 Å². The molecule has 2 atom stereocenters. The van der Waals surface area contributed by atoms with E-state index < -0.39 is 0 Å². The van der Waals surface area contributed by atoms with E-state index in [1.54, 1.807) is 0 Å². The molecule has 2 unspecified atom stereocenters. The van der Waals surface area contributed by atoms with Crippen molar-refractivity contribution >= 4 is 0 Å². The highest BCUT2D eigenvalue weighted by Gasteiger charge is 2.35. The van der Waals surface area contributed by atoms with Gasteiger partial charge in [0.05, 0.1) is 0 Å². The van der Waals surface area contributed by atoms with Gasteiger partial charge in [-0.2, -0.15) is 0 Å². The molecule has 0 radical (unpaired) electrons. The van der Waals surface area contributed by atoms with Gasteiger partial charge in [0, 0.05) is 49.8 Å². The highest BCUT2D eigenvalue weighted by molar-refractivity contribution is 4.91. The quantitative estimate of drug-likeness (QED) is 0.721. The highest BCUT2D eigenvalue weighted by Crippen LogP contribution is 2.26. The SMILES string of the molecule is CC1CN(C2CCN(C(C)(C)C)CC2)C(C)CN1C. The molecule has 3 heteroatoms. The third kappa shape index (κ3) is 3.50. The zero-order chi connectivity index (χ0) is 14.2. The van der Waals surface area contributed by atoms with Gasteiger partial charge in [0.25, 0.3) is 0 Å². The molecule has 0 N–H and O–H groups in total. The molecule has 2 saturated heterocycles. The fourth-order valence-electron chi connectivity index (χ4n) is 3.70. The summed E-state index contributed by atoms with van der Waals surface area (Å²) in [5.74, 6) is 0. The third-order valence-electron chi connectivity index (χ3n) is 5.23. The summed E-state index contributed by atoms with van der Waals surface area (Å²) in [4.78, 5) is 7.93. The summed E-state index contributed by atoms with van der Waals surface area (Å²) < 4.78 is 0. The Morgan fingerprint density at radius 1 is 0.895 bits per heavy atom. The average Bonchev–Trinajstić information content (AvgIpc) is 2.33. The molecule has 2 aliphatic heterocycles. The van der Waals surface area contributed by atoms with Crippen LogP contribution in [0.1, 0.15) is 47.5 Å². The molecule has 2 heterocycles. The van der Waals surface area contributed by atoms with E-state index in [1.807, 2.05) is 0 Å². The van der Waals surface area contributed by atoms with Crippen LogP contribution in [0.2, 0.25) is 0 Å². The fourth-order valence-corrected chi connectivity index (χ4v) is 3.70. The minimum atomic E-state index is 0.339. The minimum absolute atomic E-state index is 0.339. The molecule has 0 aliphatic carbocycles. The van der Waals surface area contributed by atoms with E-state index >= 15 is 0 Å². The molecule has 112 valence electrons. The van der Waals surface area contributed by atoms with Crippen molar-refractivity contribution in [2.45, 2.75) is 71.1 Å². The van der Waals surface area contributed by atoms with Crippen molar-refractivity contribution in [1.82, 2.24) is 14.7 Å². The van der Waals surface area contributed by atoms with Crippen LogP contribution in [-0.4, -0.2) is 71.6 Å². The molecule has 3 nitrogen and oxygen atoms in total. The second-order valence-corrected chi connectivity index (χ2v) is 7.72. The van der Waals surface area contributed by atoms with E-state index in [2.05, 4.69) is 56.4 Å². The van der Waals surface area contributed by atoms with Crippen molar-refractivity contribution in [3.8, 4) is 0 Å². The number of hydrogen-bond acceptors (Lipinski definition) is 3. The van der Waals surface area contributed by atoms with Crippen LogP contribution in [0.5, 0.6) is 0 Å². The van der Waals surface area contributed by atoms with Crippen LogP contribution in [0, 0.1) is 0 Å². The van der Waals surface area contributed by atoms with Crippen molar-refractivity contribution in [3.63, 3.8) is 0 Å². The van der Waals surface area contributed by atoms with Gasteiger partial charge < -0.3 is 4.90 Å². The van der Waals surface area contributed by atoms with E-state index in [-0.39, 0.29) is 0 Å². The lowest BCUT2D eigenvalue weighted by Gasteiger charge is -2.49. The molecule has 0 aromatic rings. The van der Waals surface area contributed by atoms with Crippen LogP contribution in [0.15, 0.2) is 0 Å². The molecule has 2 rings (SSSR count). The van der Waals surface area contributed by atoms with Crippen molar-refractivity contribution < 1.29 is 0 Å². The highest BCUT2D eigenvalue weighted by atomic mass is 15.3. The van der Waals surface area contributed by atoms with Crippen LogP contribution >= 0.6 is 0 Å². The van der Waals surface area contributed by atoms with Gasteiger partial charge in [-0.1, -0.05) is 0 Å². The predicted molar refractivity (Wildman–Crippen MR) is 82.6 cm³/mol. The fraction of sp³-hybridized carbons (Fsp3) is 1.00. The maximum absolute atomic E-state index is 2.78. The number of likely N-dealkylation sites (N-methyl/N-ethyl adjacent to an activating group) is 1. The monoisotopic (exact) mass is 267 g/mol. The van der Waals surface area contributed by atoms with E-state index in [9.17, 15) is 0 Å². The lowest BCUT2D eigenvalue weighted by atomic mass is 9.95. The molecular formula is C16H33N3. The first-order valence-corrected chi connectivity index (χ1v) is 8.00.